The number of allylic oxidation sites excluding steroid dienone is 2. The molecule has 4 rings (SSSR count). The lowest BCUT2D eigenvalue weighted by molar-refractivity contribution is 0.222. The molecule has 0 amide bonds. The second-order valence-electron chi connectivity index (χ2n) is 7.54. The first kappa shape index (κ1) is 21.3. The van der Waals surface area contributed by atoms with Crippen LogP contribution < -0.4 is 16.0 Å². The van der Waals surface area contributed by atoms with E-state index in [0.29, 0.717) is 18.5 Å². The Morgan fingerprint density at radius 1 is 1.25 bits per heavy atom. The zero-order valence-corrected chi connectivity index (χ0v) is 17.6. The second kappa shape index (κ2) is 9.08. The maximum Gasteiger partial charge on any atom is 0.332 e. The van der Waals surface area contributed by atoms with Crippen LogP contribution in [0.25, 0.3) is 11.2 Å². The van der Waals surface area contributed by atoms with Gasteiger partial charge >= 0.3 is 5.69 Å². The van der Waals surface area contributed by atoms with E-state index in [1.54, 1.807) is 23.8 Å². The summed E-state index contributed by atoms with van der Waals surface area (Å²) in [5, 5.41) is 18.4. The van der Waals surface area contributed by atoms with E-state index in [-0.39, 0.29) is 36.7 Å². The fourth-order valence-electron chi connectivity index (χ4n) is 3.73. The van der Waals surface area contributed by atoms with Gasteiger partial charge in [-0.1, -0.05) is 36.4 Å². The maximum absolute atomic E-state index is 13.3. The maximum atomic E-state index is 13.3. The van der Waals surface area contributed by atoms with Gasteiger partial charge in [0.15, 0.2) is 11.2 Å². The molecule has 9 nitrogen and oxygen atoms in total. The van der Waals surface area contributed by atoms with E-state index in [2.05, 4.69) is 11.1 Å². The molecular weight excluding hydrogens is 410 g/mol. The largest absolute Gasteiger partial charge is 0.457 e. The SMILES string of the molecule is Cn1c(=O)n(CCCO)c(=O)c2c1nc(OC1C=C(C#N)C=CC1)n2Cc1ccccc1. The first-order valence-electron chi connectivity index (χ1n) is 10.3. The van der Waals surface area contributed by atoms with E-state index in [0.717, 1.165) is 10.1 Å². The van der Waals surface area contributed by atoms with Gasteiger partial charge in [-0.2, -0.15) is 10.2 Å². The van der Waals surface area contributed by atoms with Gasteiger partial charge in [0.1, 0.15) is 6.10 Å². The predicted octanol–water partition coefficient (Wildman–Crippen LogP) is 1.48. The van der Waals surface area contributed by atoms with Crippen molar-refractivity contribution in [1.29, 1.82) is 5.26 Å². The molecule has 9 heteroatoms. The van der Waals surface area contributed by atoms with Crippen molar-refractivity contribution >= 4 is 11.2 Å². The smallest absolute Gasteiger partial charge is 0.332 e. The van der Waals surface area contributed by atoms with E-state index < -0.39 is 17.4 Å². The highest BCUT2D eigenvalue weighted by Crippen LogP contribution is 2.23. The number of imidazole rings is 1. The number of fused-ring (bicyclic) bond motifs is 1. The molecule has 0 saturated heterocycles. The third kappa shape index (κ3) is 4.00. The third-order valence-corrected chi connectivity index (χ3v) is 5.34. The number of hydrogen-bond acceptors (Lipinski definition) is 6. The lowest BCUT2D eigenvalue weighted by Gasteiger charge is -2.17. The predicted molar refractivity (Wildman–Crippen MR) is 118 cm³/mol. The number of rotatable bonds is 7. The normalized spacial score (nSPS) is 15.5. The Labute approximate surface area is 183 Å². The van der Waals surface area contributed by atoms with Gasteiger partial charge in [-0.3, -0.25) is 18.5 Å². The Morgan fingerprint density at radius 3 is 2.75 bits per heavy atom. The van der Waals surface area contributed by atoms with Crippen LogP contribution >= 0.6 is 0 Å². The summed E-state index contributed by atoms with van der Waals surface area (Å²) in [6, 6.07) is 11.9. The fraction of sp³-hybridized carbons (Fsp3) is 0.304. The van der Waals surface area contributed by atoms with Gasteiger partial charge in [-0.15, -0.1) is 0 Å². The number of aliphatic hydroxyl groups is 1. The molecule has 0 fully saturated rings. The highest BCUT2D eigenvalue weighted by Gasteiger charge is 2.23. The van der Waals surface area contributed by atoms with Crippen molar-refractivity contribution in [2.24, 2.45) is 7.05 Å². The van der Waals surface area contributed by atoms with E-state index in [9.17, 15) is 20.0 Å². The van der Waals surface area contributed by atoms with Crippen LogP contribution in [-0.4, -0.2) is 36.5 Å². The average molecular weight is 433 g/mol. The number of aryl methyl sites for hydroxylation is 1. The van der Waals surface area contributed by atoms with E-state index >= 15 is 0 Å². The van der Waals surface area contributed by atoms with Gasteiger partial charge in [0.05, 0.1) is 18.2 Å². The molecule has 0 aliphatic heterocycles. The average Bonchev–Trinajstić information content (AvgIpc) is 3.16. The standard InChI is InChI=1S/C23H23N5O4/c1-26-20-19(21(30)27(23(26)31)11-6-12-29)28(15-16-7-3-2-4-8-16)22(25-20)32-18-10-5-9-17(13-18)14-24/h2-5,7-9,13,18,29H,6,10-12,15H2,1H3. The molecule has 1 N–H and O–H groups in total. The molecule has 0 saturated carbocycles. The third-order valence-electron chi connectivity index (χ3n) is 5.34. The van der Waals surface area contributed by atoms with Crippen LogP contribution in [0.2, 0.25) is 0 Å². The molecule has 164 valence electrons. The van der Waals surface area contributed by atoms with Gasteiger partial charge < -0.3 is 9.84 Å². The molecule has 2 heterocycles. The lowest BCUT2D eigenvalue weighted by atomic mass is 10.1. The Hall–Kier alpha value is -3.90. The molecule has 32 heavy (non-hydrogen) atoms. The number of hydrogen-bond donors (Lipinski definition) is 1. The molecule has 3 aromatic rings. The Balaban J connectivity index is 1.89. The van der Waals surface area contributed by atoms with Crippen LogP contribution in [0.4, 0.5) is 0 Å². The van der Waals surface area contributed by atoms with Crippen molar-refractivity contribution in [3.05, 3.63) is 80.5 Å². The molecule has 0 radical (unpaired) electrons. The minimum Gasteiger partial charge on any atom is -0.457 e. The van der Waals surface area contributed by atoms with Crippen LogP contribution in [-0.2, 0) is 20.1 Å². The van der Waals surface area contributed by atoms with Gasteiger partial charge in [-0.25, -0.2) is 4.79 Å². The summed E-state index contributed by atoms with van der Waals surface area (Å²) in [5.41, 5.74) is 0.918. The van der Waals surface area contributed by atoms with E-state index in [1.165, 1.54) is 4.57 Å². The van der Waals surface area contributed by atoms with Crippen LogP contribution in [0.1, 0.15) is 18.4 Å². The highest BCUT2D eigenvalue weighted by molar-refractivity contribution is 5.72. The van der Waals surface area contributed by atoms with Crippen molar-refractivity contribution in [3.63, 3.8) is 0 Å². The summed E-state index contributed by atoms with van der Waals surface area (Å²) >= 11 is 0. The summed E-state index contributed by atoms with van der Waals surface area (Å²) in [6.07, 6.45) is 5.72. The molecule has 1 aliphatic carbocycles. The topological polar surface area (TPSA) is 115 Å². The molecule has 2 aromatic heterocycles. The summed E-state index contributed by atoms with van der Waals surface area (Å²) in [7, 11) is 1.56. The number of ether oxygens (including phenoxy) is 1. The number of aliphatic hydroxyl groups excluding tert-OH is 1. The quantitative estimate of drug-likeness (QED) is 0.604. The Morgan fingerprint density at radius 2 is 2.03 bits per heavy atom. The molecule has 1 aromatic carbocycles. The number of nitriles is 1. The van der Waals surface area contributed by atoms with Crippen molar-refractivity contribution in [2.75, 3.05) is 6.61 Å². The monoisotopic (exact) mass is 433 g/mol. The Kier molecular flexibility index (Phi) is 6.05. The molecule has 0 bridgehead atoms. The van der Waals surface area contributed by atoms with Crippen molar-refractivity contribution in [2.45, 2.75) is 32.0 Å². The summed E-state index contributed by atoms with van der Waals surface area (Å²) in [4.78, 5) is 30.6. The van der Waals surface area contributed by atoms with Crippen LogP contribution in [0.3, 0.4) is 0 Å². The van der Waals surface area contributed by atoms with Crippen molar-refractivity contribution < 1.29 is 9.84 Å². The van der Waals surface area contributed by atoms with E-state index in [4.69, 9.17) is 4.74 Å². The van der Waals surface area contributed by atoms with Crippen LogP contribution in [0.15, 0.2) is 63.7 Å². The minimum atomic E-state index is -0.501. The zero-order chi connectivity index (χ0) is 22.7. The lowest BCUT2D eigenvalue weighted by Crippen LogP contribution is -2.39. The fourth-order valence-corrected chi connectivity index (χ4v) is 3.73. The molecular formula is C23H23N5O4. The van der Waals surface area contributed by atoms with Crippen LogP contribution in [0, 0.1) is 11.3 Å². The van der Waals surface area contributed by atoms with Crippen LogP contribution in [0.5, 0.6) is 6.01 Å². The molecule has 0 spiro atoms. The molecule has 1 unspecified atom stereocenters. The van der Waals surface area contributed by atoms with Gasteiger partial charge in [0.2, 0.25) is 0 Å². The Bertz CT molecular complexity index is 1360. The molecule has 1 aliphatic rings. The minimum absolute atomic E-state index is 0.104. The van der Waals surface area contributed by atoms with Crippen molar-refractivity contribution in [3.8, 4) is 12.1 Å². The zero-order valence-electron chi connectivity index (χ0n) is 17.6. The first-order chi connectivity index (χ1) is 15.5. The number of aromatic nitrogens is 4. The molecule has 1 atom stereocenters. The van der Waals surface area contributed by atoms with E-state index in [1.807, 2.05) is 36.4 Å². The summed E-state index contributed by atoms with van der Waals surface area (Å²) in [5.74, 6) is 0. The number of benzene rings is 1. The van der Waals surface area contributed by atoms with Gasteiger partial charge in [0.25, 0.3) is 11.6 Å². The number of nitrogens with zero attached hydrogens (tertiary/aromatic N) is 5. The summed E-state index contributed by atoms with van der Waals surface area (Å²) < 4.78 is 10.2. The van der Waals surface area contributed by atoms with Gasteiger partial charge in [0, 0.05) is 26.6 Å². The van der Waals surface area contributed by atoms with Crippen molar-refractivity contribution in [1.82, 2.24) is 18.7 Å². The first-order valence-corrected chi connectivity index (χ1v) is 10.3. The van der Waals surface area contributed by atoms with Gasteiger partial charge in [-0.05, 0) is 24.1 Å². The highest BCUT2D eigenvalue weighted by atomic mass is 16.5. The second-order valence-corrected chi connectivity index (χ2v) is 7.54. The summed E-state index contributed by atoms with van der Waals surface area (Å²) in [6.45, 7) is 0.290.